The van der Waals surface area contributed by atoms with Crippen LogP contribution in [0.25, 0.3) is 0 Å². The Morgan fingerprint density at radius 1 is 1.05 bits per heavy atom. The number of rotatable bonds is 8. The van der Waals surface area contributed by atoms with E-state index in [1.807, 2.05) is 11.0 Å². The van der Waals surface area contributed by atoms with Gasteiger partial charge in [-0.05, 0) is 51.0 Å². The molecular weight excluding hydrogens is 474 g/mol. The lowest BCUT2D eigenvalue weighted by molar-refractivity contribution is -0.162. The lowest BCUT2D eigenvalue weighted by Gasteiger charge is -2.53. The fourth-order valence-electron chi connectivity index (χ4n) is 7.24. The van der Waals surface area contributed by atoms with Crippen molar-refractivity contribution in [3.8, 4) is 0 Å². The van der Waals surface area contributed by atoms with E-state index in [1.165, 1.54) is 43.2 Å². The molecule has 38 heavy (non-hydrogen) atoms. The number of hydrogen-bond donors (Lipinski definition) is 2. The first kappa shape index (κ1) is 26.9. The highest BCUT2D eigenvalue weighted by Crippen LogP contribution is 2.40. The van der Waals surface area contributed by atoms with E-state index >= 15 is 0 Å². The zero-order chi connectivity index (χ0) is 26.7. The van der Waals surface area contributed by atoms with E-state index in [9.17, 15) is 9.59 Å². The van der Waals surface area contributed by atoms with Crippen LogP contribution in [0, 0.1) is 19.8 Å². The first-order valence-corrected chi connectivity index (χ1v) is 14.9. The molecule has 3 heterocycles. The van der Waals surface area contributed by atoms with Gasteiger partial charge in [0.25, 0.3) is 0 Å². The van der Waals surface area contributed by atoms with Crippen LogP contribution in [0.2, 0.25) is 0 Å². The lowest BCUT2D eigenvalue weighted by Crippen LogP contribution is -2.73. The molecule has 1 spiro atoms. The molecule has 7 nitrogen and oxygen atoms in total. The molecule has 2 unspecified atom stereocenters. The number of aryl methyl sites for hydroxylation is 2. The maximum absolute atomic E-state index is 13.9. The van der Waals surface area contributed by atoms with Crippen LogP contribution in [0.5, 0.6) is 0 Å². The number of benzene rings is 1. The largest absolute Gasteiger partial charge is 0.342 e. The zero-order valence-corrected chi connectivity index (χ0v) is 23.5. The summed E-state index contributed by atoms with van der Waals surface area (Å²) in [4.78, 5) is 32.3. The minimum Gasteiger partial charge on any atom is -0.342 e. The molecule has 1 aromatic heterocycles. The summed E-state index contributed by atoms with van der Waals surface area (Å²) in [5.74, 6) is 0.772. The van der Waals surface area contributed by atoms with Crippen LogP contribution in [-0.2, 0) is 9.59 Å². The van der Waals surface area contributed by atoms with Crippen molar-refractivity contribution in [1.82, 2.24) is 25.3 Å². The molecule has 0 radical (unpaired) electrons. The van der Waals surface area contributed by atoms with Crippen molar-refractivity contribution in [3.63, 3.8) is 0 Å². The Kier molecular flexibility index (Phi) is 8.22. The van der Waals surface area contributed by atoms with Crippen molar-refractivity contribution in [3.05, 3.63) is 52.8 Å². The Bertz CT molecular complexity index is 1080. The number of amides is 2. The minimum absolute atomic E-state index is 0.0674. The molecule has 3 aliphatic rings. The van der Waals surface area contributed by atoms with Gasteiger partial charge in [-0.1, -0.05) is 75.8 Å². The van der Waals surface area contributed by atoms with Crippen molar-refractivity contribution in [2.75, 3.05) is 19.6 Å². The Morgan fingerprint density at radius 2 is 1.76 bits per heavy atom. The number of unbranched alkanes of at least 4 members (excludes halogenated alkanes) is 1. The molecule has 2 N–H and O–H groups in total. The smallest absolute Gasteiger partial charge is 0.246 e. The summed E-state index contributed by atoms with van der Waals surface area (Å²) in [6, 6.07) is 10.3. The molecule has 2 aliphatic heterocycles. The number of aromatic amines is 1. The fourth-order valence-corrected chi connectivity index (χ4v) is 7.24. The first-order valence-electron chi connectivity index (χ1n) is 14.9. The third-order valence-electron chi connectivity index (χ3n) is 9.40. The van der Waals surface area contributed by atoms with Crippen molar-refractivity contribution < 1.29 is 9.59 Å². The van der Waals surface area contributed by atoms with Gasteiger partial charge in [-0.15, -0.1) is 0 Å². The summed E-state index contributed by atoms with van der Waals surface area (Å²) in [7, 11) is 0. The highest BCUT2D eigenvalue weighted by atomic mass is 16.2. The van der Waals surface area contributed by atoms with Crippen molar-refractivity contribution >= 4 is 11.8 Å². The van der Waals surface area contributed by atoms with E-state index in [0.717, 1.165) is 43.7 Å². The number of piperidine rings is 1. The molecule has 1 aromatic carbocycles. The summed E-state index contributed by atoms with van der Waals surface area (Å²) in [5, 5.41) is 10.9. The van der Waals surface area contributed by atoms with E-state index in [-0.39, 0.29) is 23.9 Å². The molecule has 7 heteroatoms. The van der Waals surface area contributed by atoms with E-state index in [1.54, 1.807) is 0 Å². The third kappa shape index (κ3) is 5.14. The van der Waals surface area contributed by atoms with Crippen molar-refractivity contribution in [2.45, 2.75) is 103 Å². The standard InChI is InChI=1S/C31H45N5O2/c1-4-5-18-36-29(37)26(21-24-12-8-6-9-13-24)32-30(38)31(36)16-19-35(20-17-31)28(25-14-10-7-11-15-25)27-22(2)33-34-23(27)3/h7,10-11,14-15,24,26,28H,4-6,8-9,12-13,16-21H2,1-3H3,(H,32,38)(H,33,34). The molecular formula is C31H45N5O2. The van der Waals surface area contributed by atoms with Gasteiger partial charge in [-0.2, -0.15) is 5.10 Å². The molecule has 2 amide bonds. The SMILES string of the molecule is CCCCN1C(=O)C(CC2CCCCC2)NC(=O)C12CCN(C(c1ccccc1)c1c(C)n[nH]c1C)CC2. The second-order valence-corrected chi connectivity index (χ2v) is 11.8. The van der Waals surface area contributed by atoms with E-state index in [2.05, 4.69) is 65.5 Å². The maximum Gasteiger partial charge on any atom is 0.246 e. The molecule has 5 rings (SSSR count). The molecule has 2 aromatic rings. The predicted molar refractivity (Wildman–Crippen MR) is 150 cm³/mol. The fraction of sp³-hybridized carbons (Fsp3) is 0.645. The van der Waals surface area contributed by atoms with Crippen molar-refractivity contribution in [2.24, 2.45) is 5.92 Å². The molecule has 0 bridgehead atoms. The van der Waals surface area contributed by atoms with Crippen LogP contribution in [0.1, 0.15) is 99.7 Å². The number of carbonyl (C=O) groups excluding carboxylic acids is 2. The maximum atomic E-state index is 13.9. The Morgan fingerprint density at radius 3 is 2.39 bits per heavy atom. The van der Waals surface area contributed by atoms with E-state index in [0.29, 0.717) is 25.3 Å². The van der Waals surface area contributed by atoms with E-state index in [4.69, 9.17) is 0 Å². The number of aromatic nitrogens is 2. The number of likely N-dealkylation sites (tertiary alicyclic amines) is 1. The second kappa shape index (κ2) is 11.6. The van der Waals surface area contributed by atoms with Gasteiger partial charge in [0.1, 0.15) is 11.6 Å². The minimum atomic E-state index is -0.743. The van der Waals surface area contributed by atoms with Gasteiger partial charge < -0.3 is 10.2 Å². The molecule has 1 aliphatic carbocycles. The van der Waals surface area contributed by atoms with Crippen LogP contribution in [0.3, 0.4) is 0 Å². The molecule has 3 fully saturated rings. The number of carbonyl (C=O) groups is 2. The monoisotopic (exact) mass is 519 g/mol. The van der Waals surface area contributed by atoms with Crippen LogP contribution in [0.15, 0.2) is 30.3 Å². The van der Waals surface area contributed by atoms with Crippen molar-refractivity contribution in [1.29, 1.82) is 0 Å². The summed E-state index contributed by atoms with van der Waals surface area (Å²) in [6.45, 7) is 8.48. The average molecular weight is 520 g/mol. The van der Waals surface area contributed by atoms with Crippen LogP contribution < -0.4 is 5.32 Å². The number of nitrogens with one attached hydrogen (secondary N) is 2. The van der Waals surface area contributed by atoms with Gasteiger partial charge in [0.05, 0.1) is 11.7 Å². The molecule has 206 valence electrons. The number of hydrogen-bond acceptors (Lipinski definition) is 4. The van der Waals surface area contributed by atoms with Gasteiger partial charge in [-0.25, -0.2) is 0 Å². The average Bonchev–Trinajstić information content (AvgIpc) is 3.27. The number of nitrogens with zero attached hydrogens (tertiary/aromatic N) is 3. The summed E-state index contributed by atoms with van der Waals surface area (Å²) >= 11 is 0. The quantitative estimate of drug-likeness (QED) is 0.512. The highest BCUT2D eigenvalue weighted by molar-refractivity contribution is 6.00. The summed E-state index contributed by atoms with van der Waals surface area (Å²) in [6.07, 6.45) is 10.2. The molecule has 2 saturated heterocycles. The third-order valence-corrected chi connectivity index (χ3v) is 9.40. The van der Waals surface area contributed by atoms with Crippen LogP contribution >= 0.6 is 0 Å². The van der Waals surface area contributed by atoms with E-state index < -0.39 is 5.54 Å². The zero-order valence-electron chi connectivity index (χ0n) is 23.5. The molecule has 2 atom stereocenters. The lowest BCUT2D eigenvalue weighted by atomic mass is 9.78. The van der Waals surface area contributed by atoms with Gasteiger partial charge in [-0.3, -0.25) is 19.6 Å². The normalized spacial score (nSPS) is 23.6. The first-order chi connectivity index (χ1) is 18.4. The topological polar surface area (TPSA) is 81.3 Å². The Labute approximate surface area is 227 Å². The summed E-state index contributed by atoms with van der Waals surface area (Å²) < 4.78 is 0. The second-order valence-electron chi connectivity index (χ2n) is 11.8. The predicted octanol–water partition coefficient (Wildman–Crippen LogP) is 5.05. The van der Waals surface area contributed by atoms with Gasteiger partial charge >= 0.3 is 0 Å². The number of piperazine rings is 1. The van der Waals surface area contributed by atoms with Crippen LogP contribution in [0.4, 0.5) is 0 Å². The Balaban J connectivity index is 1.38. The summed E-state index contributed by atoms with van der Waals surface area (Å²) in [5.41, 5.74) is 3.80. The molecule has 1 saturated carbocycles. The van der Waals surface area contributed by atoms with Gasteiger partial charge in [0, 0.05) is 30.9 Å². The van der Waals surface area contributed by atoms with Gasteiger partial charge in [0.2, 0.25) is 11.8 Å². The Hall–Kier alpha value is -2.67. The highest BCUT2D eigenvalue weighted by Gasteiger charge is 2.54. The van der Waals surface area contributed by atoms with Gasteiger partial charge in [0.15, 0.2) is 0 Å². The van der Waals surface area contributed by atoms with Crippen LogP contribution in [-0.4, -0.2) is 63.0 Å². The number of H-pyrrole nitrogens is 1.